The van der Waals surface area contributed by atoms with Gasteiger partial charge in [-0.05, 0) is 35.2 Å². The molecule has 3 heteroatoms. The molecule has 0 saturated heterocycles. The van der Waals surface area contributed by atoms with E-state index in [1.54, 1.807) is 0 Å². The predicted molar refractivity (Wildman–Crippen MR) is 98.7 cm³/mol. The summed E-state index contributed by atoms with van der Waals surface area (Å²) in [5.74, 6) is 0. The lowest BCUT2D eigenvalue weighted by Crippen LogP contribution is -2.36. The number of hydrogen-bond acceptors (Lipinski definition) is 3. The summed E-state index contributed by atoms with van der Waals surface area (Å²) in [5, 5.41) is 0. The molecule has 0 spiro atoms. The van der Waals surface area contributed by atoms with E-state index < -0.39 is 0 Å². The van der Waals surface area contributed by atoms with Crippen LogP contribution < -0.4 is 0 Å². The monoisotopic (exact) mass is 273 g/mol. The van der Waals surface area contributed by atoms with Gasteiger partial charge >= 0.3 is 0 Å². The predicted octanol–water partition coefficient (Wildman–Crippen LogP) is 5.05. The SMILES string of the molecule is C.C.C.C.C.C.C.C.CN(C)CN(C)CN(C)C. The lowest BCUT2D eigenvalue weighted by molar-refractivity contribution is 0.147. The molecule has 0 rings (SSSR count). The number of hydrogen-bond donors (Lipinski definition) is 0. The Labute approximate surface area is 123 Å². The Bertz CT molecular complexity index is 73.8. The molecule has 0 atom stereocenters. The Morgan fingerprint density at radius 2 is 0.611 bits per heavy atom. The summed E-state index contributed by atoms with van der Waals surface area (Å²) >= 11 is 0. The smallest absolute Gasteiger partial charge is 0.0509 e. The van der Waals surface area contributed by atoms with Gasteiger partial charge in [-0.3, -0.25) is 14.7 Å². The minimum atomic E-state index is 0. The molecule has 0 heterocycles. The highest BCUT2D eigenvalue weighted by Crippen LogP contribution is 1.85. The fraction of sp³-hybridized carbons (Fsp3) is 1.00. The summed E-state index contributed by atoms with van der Waals surface area (Å²) in [4.78, 5) is 6.56. The summed E-state index contributed by atoms with van der Waals surface area (Å²) in [6.45, 7) is 2.02. The van der Waals surface area contributed by atoms with E-state index in [1.807, 2.05) is 0 Å². The van der Waals surface area contributed by atoms with E-state index in [4.69, 9.17) is 0 Å². The van der Waals surface area contributed by atoms with Gasteiger partial charge in [-0.25, -0.2) is 0 Å². The first-order valence-electron chi connectivity index (χ1n) is 3.50. The van der Waals surface area contributed by atoms with Crippen molar-refractivity contribution in [3.8, 4) is 0 Å². The van der Waals surface area contributed by atoms with Crippen LogP contribution in [0.5, 0.6) is 0 Å². The minimum Gasteiger partial charge on any atom is -0.297 e. The zero-order valence-electron chi connectivity index (χ0n) is 7.76. The van der Waals surface area contributed by atoms with Crippen LogP contribution in [-0.4, -0.2) is 63.3 Å². The van der Waals surface area contributed by atoms with Crippen molar-refractivity contribution in [1.82, 2.24) is 14.7 Å². The molecule has 0 aliphatic carbocycles. The van der Waals surface area contributed by atoms with Crippen molar-refractivity contribution in [2.45, 2.75) is 59.4 Å². The van der Waals surface area contributed by atoms with E-state index in [9.17, 15) is 0 Å². The van der Waals surface area contributed by atoms with E-state index in [2.05, 4.69) is 49.9 Å². The first kappa shape index (κ1) is 64.6. The third kappa shape index (κ3) is 56.6. The molecule has 0 N–H and O–H groups in total. The summed E-state index contributed by atoms with van der Waals surface area (Å²) in [5.41, 5.74) is 0. The van der Waals surface area contributed by atoms with Crippen molar-refractivity contribution in [2.75, 3.05) is 48.6 Å². The minimum absolute atomic E-state index is 0. The average Bonchev–Trinajstić information content (AvgIpc) is 1.58. The molecular weight excluding hydrogens is 222 g/mol. The van der Waals surface area contributed by atoms with Gasteiger partial charge in [0.05, 0.1) is 13.3 Å². The maximum Gasteiger partial charge on any atom is 0.0509 e. The second-order valence-electron chi connectivity index (χ2n) is 3.30. The first-order chi connectivity index (χ1) is 4.52. The van der Waals surface area contributed by atoms with Gasteiger partial charge in [-0.1, -0.05) is 59.4 Å². The molecule has 18 heavy (non-hydrogen) atoms. The Hall–Kier alpha value is -0.120. The Morgan fingerprint density at radius 3 is 0.722 bits per heavy atom. The summed E-state index contributed by atoms with van der Waals surface area (Å²) in [6, 6.07) is 0. The van der Waals surface area contributed by atoms with Gasteiger partial charge in [0.1, 0.15) is 0 Å². The molecule has 0 unspecified atom stereocenters. The van der Waals surface area contributed by atoms with Crippen molar-refractivity contribution in [3.63, 3.8) is 0 Å². The van der Waals surface area contributed by atoms with Crippen LogP contribution in [-0.2, 0) is 0 Å². The van der Waals surface area contributed by atoms with Gasteiger partial charge in [0, 0.05) is 0 Å². The molecule has 0 aromatic rings. The zero-order chi connectivity index (χ0) is 8.15. The Morgan fingerprint density at radius 1 is 0.444 bits per heavy atom. The molecule has 0 aromatic carbocycles. The molecule has 0 amide bonds. The molecule has 0 aliphatic rings. The van der Waals surface area contributed by atoms with E-state index in [1.165, 1.54) is 0 Å². The quantitative estimate of drug-likeness (QED) is 0.664. The summed E-state index contributed by atoms with van der Waals surface area (Å²) in [7, 11) is 10.4. The van der Waals surface area contributed by atoms with Gasteiger partial charge < -0.3 is 0 Å². The van der Waals surface area contributed by atoms with E-state index in [-0.39, 0.29) is 59.4 Å². The summed E-state index contributed by atoms with van der Waals surface area (Å²) in [6.07, 6.45) is 0. The molecule has 0 saturated carbocycles. The standard InChI is InChI=1S/C7H19N3.8CH4/c1-8(2)6-10(5)7-9(3)4;;;;;;;;/h6-7H2,1-5H3;8*1H4. The first-order valence-corrected chi connectivity index (χ1v) is 3.50. The molecule has 0 aromatic heterocycles. The normalized spacial score (nSPS) is 6.67. The maximum atomic E-state index is 2.25. The topological polar surface area (TPSA) is 9.72 Å². The molecule has 3 nitrogen and oxygen atoms in total. The van der Waals surface area contributed by atoms with Crippen LogP contribution in [0, 0.1) is 0 Å². The van der Waals surface area contributed by atoms with E-state index >= 15 is 0 Å². The second kappa shape index (κ2) is 36.0. The average molecular weight is 274 g/mol. The highest BCUT2D eigenvalue weighted by Gasteiger charge is 1.98. The third-order valence-electron chi connectivity index (χ3n) is 1.05. The fourth-order valence-corrected chi connectivity index (χ4v) is 1.01. The van der Waals surface area contributed by atoms with E-state index in [0.29, 0.717) is 0 Å². The van der Waals surface area contributed by atoms with Crippen molar-refractivity contribution in [1.29, 1.82) is 0 Å². The van der Waals surface area contributed by atoms with Crippen LogP contribution in [0.25, 0.3) is 0 Å². The lowest BCUT2D eigenvalue weighted by atomic mass is 10.7. The highest BCUT2D eigenvalue weighted by molar-refractivity contribution is 4.45. The number of nitrogens with zero attached hydrogens (tertiary/aromatic N) is 3. The van der Waals surface area contributed by atoms with E-state index in [0.717, 1.165) is 13.3 Å². The number of rotatable bonds is 4. The van der Waals surface area contributed by atoms with Gasteiger partial charge in [0.15, 0.2) is 0 Å². The lowest BCUT2D eigenvalue weighted by Gasteiger charge is -2.24. The van der Waals surface area contributed by atoms with Crippen LogP contribution in [0.15, 0.2) is 0 Å². The third-order valence-corrected chi connectivity index (χ3v) is 1.05. The van der Waals surface area contributed by atoms with Crippen LogP contribution in [0.1, 0.15) is 59.4 Å². The molecule has 0 fully saturated rings. The molecule has 126 valence electrons. The van der Waals surface area contributed by atoms with Crippen LogP contribution >= 0.6 is 0 Å². The largest absolute Gasteiger partial charge is 0.297 e. The van der Waals surface area contributed by atoms with Gasteiger partial charge in [0.2, 0.25) is 0 Å². The zero-order valence-corrected chi connectivity index (χ0v) is 7.76. The van der Waals surface area contributed by atoms with Gasteiger partial charge in [0.25, 0.3) is 0 Å². The summed E-state index contributed by atoms with van der Waals surface area (Å²) < 4.78 is 0. The molecule has 0 radical (unpaired) electrons. The fourth-order valence-electron chi connectivity index (χ4n) is 1.01. The van der Waals surface area contributed by atoms with Crippen molar-refractivity contribution < 1.29 is 0 Å². The highest BCUT2D eigenvalue weighted by atomic mass is 15.3. The Balaban J connectivity index is -0.0000000145. The van der Waals surface area contributed by atoms with Crippen LogP contribution in [0.3, 0.4) is 0 Å². The van der Waals surface area contributed by atoms with Crippen molar-refractivity contribution >= 4 is 0 Å². The molecular formula is C15H51N3. The maximum absolute atomic E-state index is 2.25. The van der Waals surface area contributed by atoms with Gasteiger partial charge in [-0.15, -0.1) is 0 Å². The van der Waals surface area contributed by atoms with Crippen molar-refractivity contribution in [3.05, 3.63) is 0 Å². The second-order valence-corrected chi connectivity index (χ2v) is 3.30. The molecule has 0 aliphatic heterocycles. The van der Waals surface area contributed by atoms with Crippen LogP contribution in [0.2, 0.25) is 0 Å². The van der Waals surface area contributed by atoms with Gasteiger partial charge in [-0.2, -0.15) is 0 Å². The Kier molecular flexibility index (Phi) is 129. The molecule has 0 bridgehead atoms. The van der Waals surface area contributed by atoms with Crippen molar-refractivity contribution in [2.24, 2.45) is 0 Å². The van der Waals surface area contributed by atoms with Crippen LogP contribution in [0.4, 0.5) is 0 Å².